The topological polar surface area (TPSA) is 56.1 Å². The van der Waals surface area contributed by atoms with Gasteiger partial charge in [0.25, 0.3) is 0 Å². The van der Waals surface area contributed by atoms with E-state index in [9.17, 15) is 9.18 Å². The lowest BCUT2D eigenvalue weighted by Crippen LogP contribution is -2.40. The van der Waals surface area contributed by atoms with Gasteiger partial charge in [-0.15, -0.1) is 0 Å². The van der Waals surface area contributed by atoms with Crippen LogP contribution in [0.2, 0.25) is 0 Å². The van der Waals surface area contributed by atoms with E-state index in [1.165, 1.54) is 12.1 Å². The summed E-state index contributed by atoms with van der Waals surface area (Å²) in [6.07, 6.45) is 5.47. The minimum absolute atomic E-state index is 0.0160. The largest absolute Gasteiger partial charge is 0.370 e. The van der Waals surface area contributed by atoms with E-state index in [4.69, 9.17) is 4.74 Å². The number of carbonyl (C=O) groups is 1. The zero-order chi connectivity index (χ0) is 17.8. The van der Waals surface area contributed by atoms with Gasteiger partial charge in [0, 0.05) is 44.9 Å². The van der Waals surface area contributed by atoms with Crippen LogP contribution >= 0.6 is 0 Å². The van der Waals surface area contributed by atoms with Crippen molar-refractivity contribution >= 4 is 5.91 Å². The van der Waals surface area contributed by atoms with Crippen molar-refractivity contribution in [3.63, 3.8) is 0 Å². The number of halogens is 1. The summed E-state index contributed by atoms with van der Waals surface area (Å²) in [5, 5.41) is 3.11. The van der Waals surface area contributed by atoms with E-state index in [-0.39, 0.29) is 29.8 Å². The summed E-state index contributed by atoms with van der Waals surface area (Å²) in [6.45, 7) is 2.59. The summed E-state index contributed by atoms with van der Waals surface area (Å²) < 4.78 is 20.8. The first-order chi connectivity index (χ1) is 12.0. The maximum atomic E-state index is 13.0. The summed E-state index contributed by atoms with van der Waals surface area (Å²) in [4.78, 5) is 16.7. The molecule has 0 radical (unpaired) electrons. The quantitative estimate of drug-likeness (QED) is 0.906. The molecule has 1 aromatic carbocycles. The first-order valence-electron chi connectivity index (χ1n) is 8.66. The van der Waals surface area contributed by atoms with E-state index in [2.05, 4.69) is 10.3 Å². The van der Waals surface area contributed by atoms with Gasteiger partial charge in [-0.05, 0) is 30.0 Å². The third kappa shape index (κ3) is 4.45. The first kappa shape index (κ1) is 17.6. The summed E-state index contributed by atoms with van der Waals surface area (Å²) in [5.74, 6) is 0.689. The minimum Gasteiger partial charge on any atom is -0.370 e. The Hall–Kier alpha value is -2.21. The smallest absolute Gasteiger partial charge is 0.220 e. The zero-order valence-corrected chi connectivity index (χ0v) is 14.6. The molecule has 1 N–H and O–H groups in total. The predicted molar refractivity (Wildman–Crippen MR) is 92.5 cm³/mol. The third-order valence-corrected chi connectivity index (χ3v) is 4.73. The fourth-order valence-electron chi connectivity index (χ4n) is 3.27. The number of carbonyl (C=O) groups excluding carboxylic acids is 1. The molecule has 134 valence electrons. The van der Waals surface area contributed by atoms with Crippen LogP contribution in [0.4, 0.5) is 4.39 Å². The second kappa shape index (κ2) is 7.78. The number of amides is 1. The van der Waals surface area contributed by atoms with Crippen molar-refractivity contribution in [3.8, 4) is 0 Å². The Kier molecular flexibility index (Phi) is 5.48. The standard InChI is InChI=1S/C19H24FN3O2/c1-13(14-3-5-15(20)6-4-14)11-18(24)22-16-7-10-25-17(12-16)19-21-8-9-23(19)2/h3-6,8-9,13,16-17H,7,10-12H2,1-2H3,(H,22,24). The van der Waals surface area contributed by atoms with E-state index in [1.54, 1.807) is 18.3 Å². The van der Waals surface area contributed by atoms with Crippen LogP contribution in [0.15, 0.2) is 36.7 Å². The van der Waals surface area contributed by atoms with E-state index in [0.29, 0.717) is 13.0 Å². The Morgan fingerprint density at radius 1 is 1.44 bits per heavy atom. The lowest BCUT2D eigenvalue weighted by Gasteiger charge is -2.30. The third-order valence-electron chi connectivity index (χ3n) is 4.73. The molecule has 0 aliphatic carbocycles. The number of aryl methyl sites for hydroxylation is 1. The molecule has 5 nitrogen and oxygen atoms in total. The number of imidazole rings is 1. The molecular weight excluding hydrogens is 321 g/mol. The van der Waals surface area contributed by atoms with Crippen LogP contribution < -0.4 is 5.32 Å². The highest BCUT2D eigenvalue weighted by atomic mass is 19.1. The van der Waals surface area contributed by atoms with Gasteiger partial charge in [-0.3, -0.25) is 4.79 Å². The number of benzene rings is 1. The Labute approximate surface area is 147 Å². The van der Waals surface area contributed by atoms with E-state index < -0.39 is 0 Å². The van der Waals surface area contributed by atoms with Gasteiger partial charge in [-0.2, -0.15) is 0 Å². The van der Waals surface area contributed by atoms with Gasteiger partial charge in [-0.1, -0.05) is 19.1 Å². The molecule has 1 aliphatic rings. The van der Waals surface area contributed by atoms with Gasteiger partial charge in [0.05, 0.1) is 0 Å². The molecule has 25 heavy (non-hydrogen) atoms. The van der Waals surface area contributed by atoms with Crippen LogP contribution in [0.1, 0.15) is 49.6 Å². The van der Waals surface area contributed by atoms with Crippen LogP contribution in [-0.4, -0.2) is 28.1 Å². The van der Waals surface area contributed by atoms with Gasteiger partial charge in [0.1, 0.15) is 17.7 Å². The number of hydrogen-bond donors (Lipinski definition) is 1. The van der Waals surface area contributed by atoms with Crippen LogP contribution in [0.3, 0.4) is 0 Å². The maximum Gasteiger partial charge on any atom is 0.220 e. The fourth-order valence-corrected chi connectivity index (χ4v) is 3.27. The van der Waals surface area contributed by atoms with Crippen molar-refractivity contribution < 1.29 is 13.9 Å². The maximum absolute atomic E-state index is 13.0. The number of ether oxygens (including phenoxy) is 1. The van der Waals surface area contributed by atoms with Crippen molar-refractivity contribution in [2.45, 2.75) is 44.2 Å². The molecule has 6 heteroatoms. The summed E-state index contributed by atoms with van der Waals surface area (Å²) >= 11 is 0. The molecule has 1 saturated heterocycles. The lowest BCUT2D eigenvalue weighted by molar-refractivity contribution is -0.123. The summed E-state index contributed by atoms with van der Waals surface area (Å²) in [5.41, 5.74) is 0.967. The second-order valence-electron chi connectivity index (χ2n) is 6.70. The zero-order valence-electron chi connectivity index (χ0n) is 14.6. The van der Waals surface area contributed by atoms with Crippen molar-refractivity contribution in [2.24, 2.45) is 7.05 Å². The number of nitrogens with one attached hydrogen (secondary N) is 1. The van der Waals surface area contributed by atoms with Crippen LogP contribution in [0, 0.1) is 5.82 Å². The number of hydrogen-bond acceptors (Lipinski definition) is 3. The first-order valence-corrected chi connectivity index (χ1v) is 8.66. The SMILES string of the molecule is CC(CC(=O)NC1CCOC(c2nccn2C)C1)c1ccc(F)cc1. The second-order valence-corrected chi connectivity index (χ2v) is 6.70. The van der Waals surface area contributed by atoms with Crippen molar-refractivity contribution in [1.29, 1.82) is 0 Å². The van der Waals surface area contributed by atoms with Gasteiger partial charge < -0.3 is 14.6 Å². The highest BCUT2D eigenvalue weighted by molar-refractivity contribution is 5.77. The Morgan fingerprint density at radius 2 is 2.20 bits per heavy atom. The average molecular weight is 345 g/mol. The number of nitrogens with zero attached hydrogens (tertiary/aromatic N) is 2. The molecule has 1 aliphatic heterocycles. The minimum atomic E-state index is -0.261. The molecule has 2 heterocycles. The molecule has 1 aromatic heterocycles. The summed E-state index contributed by atoms with van der Waals surface area (Å²) in [6, 6.07) is 6.42. The van der Waals surface area contributed by atoms with Crippen molar-refractivity contribution in [1.82, 2.24) is 14.9 Å². The van der Waals surface area contributed by atoms with Gasteiger partial charge in [0.15, 0.2) is 0 Å². The Bertz CT molecular complexity index is 714. The van der Waals surface area contributed by atoms with Crippen molar-refractivity contribution in [2.75, 3.05) is 6.61 Å². The van der Waals surface area contributed by atoms with Gasteiger partial charge in [-0.25, -0.2) is 9.37 Å². The molecule has 3 atom stereocenters. The van der Waals surface area contributed by atoms with Crippen LogP contribution in [0.25, 0.3) is 0 Å². The normalized spacial score (nSPS) is 21.7. The molecule has 0 spiro atoms. The van der Waals surface area contributed by atoms with Crippen LogP contribution in [-0.2, 0) is 16.6 Å². The lowest BCUT2D eigenvalue weighted by atomic mass is 9.96. The molecule has 1 fully saturated rings. The highest BCUT2D eigenvalue weighted by Crippen LogP contribution is 2.27. The predicted octanol–water partition coefficient (Wildman–Crippen LogP) is 3.09. The molecule has 0 saturated carbocycles. The molecular formula is C19H24FN3O2. The number of aromatic nitrogens is 2. The highest BCUT2D eigenvalue weighted by Gasteiger charge is 2.27. The van der Waals surface area contributed by atoms with Crippen LogP contribution in [0.5, 0.6) is 0 Å². The molecule has 0 bridgehead atoms. The molecule has 3 unspecified atom stereocenters. The molecule has 3 rings (SSSR count). The van der Waals surface area contributed by atoms with E-state index in [1.807, 2.05) is 24.7 Å². The Morgan fingerprint density at radius 3 is 2.88 bits per heavy atom. The Balaban J connectivity index is 1.53. The van der Waals surface area contributed by atoms with Gasteiger partial charge in [0.2, 0.25) is 5.91 Å². The molecule has 1 amide bonds. The summed E-state index contributed by atoms with van der Waals surface area (Å²) in [7, 11) is 1.94. The average Bonchev–Trinajstić information content (AvgIpc) is 3.01. The van der Waals surface area contributed by atoms with Gasteiger partial charge >= 0.3 is 0 Å². The number of rotatable bonds is 5. The van der Waals surface area contributed by atoms with E-state index in [0.717, 1.165) is 24.2 Å². The molecule has 2 aromatic rings. The van der Waals surface area contributed by atoms with Crippen molar-refractivity contribution in [3.05, 3.63) is 53.9 Å². The fraction of sp³-hybridized carbons (Fsp3) is 0.474. The monoisotopic (exact) mass is 345 g/mol. The van der Waals surface area contributed by atoms with E-state index >= 15 is 0 Å².